The van der Waals surface area contributed by atoms with E-state index in [1.54, 1.807) is 19.6 Å². The van der Waals surface area contributed by atoms with Crippen molar-refractivity contribution in [2.75, 3.05) is 13.7 Å². The van der Waals surface area contributed by atoms with E-state index >= 15 is 0 Å². The molecule has 178 valence electrons. The van der Waals surface area contributed by atoms with Crippen LogP contribution in [0, 0.1) is 40.4 Å². The number of hydrogen-bond donors (Lipinski definition) is 1. The molecule has 0 spiro atoms. The van der Waals surface area contributed by atoms with Crippen LogP contribution in [0.3, 0.4) is 0 Å². The fraction of sp³-hybridized carbons (Fsp3) is 0.852. The summed E-state index contributed by atoms with van der Waals surface area (Å²) >= 11 is 0. The first-order valence-electron chi connectivity index (χ1n) is 13.0. The smallest absolute Gasteiger partial charge is 0.156 e. The number of rotatable bonds is 6. The highest BCUT2D eigenvalue weighted by Gasteiger charge is 2.62. The van der Waals surface area contributed by atoms with Gasteiger partial charge in [-0.05, 0) is 98.7 Å². The molecule has 4 aliphatic carbocycles. The van der Waals surface area contributed by atoms with Gasteiger partial charge in [0, 0.05) is 32.0 Å². The molecule has 1 N–H and O–H groups in total. The maximum absolute atomic E-state index is 13.3. The molecule has 8 atom stereocenters. The Bertz CT molecular complexity index is 825. The van der Waals surface area contributed by atoms with E-state index in [4.69, 9.17) is 4.74 Å². The number of aliphatic hydroxyl groups is 1. The second kappa shape index (κ2) is 8.23. The molecule has 32 heavy (non-hydrogen) atoms. The maximum Gasteiger partial charge on any atom is 0.156 e. The Labute approximate surface area is 193 Å². The Morgan fingerprint density at radius 1 is 1.09 bits per heavy atom. The van der Waals surface area contributed by atoms with Gasteiger partial charge < -0.3 is 14.4 Å². The van der Waals surface area contributed by atoms with E-state index in [-0.39, 0.29) is 11.3 Å². The van der Waals surface area contributed by atoms with Crippen LogP contribution in [0.5, 0.6) is 0 Å². The second-order valence-corrected chi connectivity index (χ2v) is 12.2. The van der Waals surface area contributed by atoms with Crippen LogP contribution in [-0.2, 0) is 16.1 Å². The Hall–Kier alpha value is -1.20. The molecule has 4 saturated carbocycles. The van der Waals surface area contributed by atoms with Gasteiger partial charge in [0.2, 0.25) is 0 Å². The number of ether oxygens (including phenoxy) is 1. The van der Waals surface area contributed by atoms with Gasteiger partial charge in [0.1, 0.15) is 0 Å². The molecule has 5 nitrogen and oxygen atoms in total. The van der Waals surface area contributed by atoms with Gasteiger partial charge in [-0.15, -0.1) is 0 Å². The topological polar surface area (TPSA) is 64.3 Å². The van der Waals surface area contributed by atoms with Crippen molar-refractivity contribution in [3.8, 4) is 0 Å². The quantitative estimate of drug-likeness (QED) is 0.682. The summed E-state index contributed by atoms with van der Waals surface area (Å²) in [6.07, 6.45) is 16.5. The lowest BCUT2D eigenvalue weighted by Gasteiger charge is -2.62. The van der Waals surface area contributed by atoms with Crippen LogP contribution in [0.2, 0.25) is 0 Å². The fourth-order valence-corrected chi connectivity index (χ4v) is 9.04. The van der Waals surface area contributed by atoms with Gasteiger partial charge in [-0.2, -0.15) is 0 Å². The van der Waals surface area contributed by atoms with Crippen LogP contribution < -0.4 is 0 Å². The Balaban J connectivity index is 1.31. The standard InChI is InChI=1S/C27H42N2O3/c1-25-10-11-27(31,12-15-32-3)16-19(25)4-5-20-21-6-7-23(26(21,2)9-8-22(20)25)24(30)17-29-14-13-28-18-29/h13-14,18-23,31H,4-12,15-17H2,1-3H3/t19-,20-,21-,22-,23+,25-,26-,27-/m0/s1. The predicted octanol–water partition coefficient (Wildman–Crippen LogP) is 4.88. The van der Waals surface area contributed by atoms with E-state index in [1.165, 1.54) is 32.1 Å². The number of ketones is 1. The molecular formula is C27H42N2O3. The maximum atomic E-state index is 13.3. The number of carbonyl (C=O) groups is 1. The minimum atomic E-state index is -0.533. The molecule has 0 saturated heterocycles. The Kier molecular flexibility index (Phi) is 5.81. The molecule has 1 aromatic heterocycles. The molecule has 4 aliphatic rings. The van der Waals surface area contributed by atoms with Crippen molar-refractivity contribution in [1.82, 2.24) is 9.55 Å². The number of imidazole rings is 1. The van der Waals surface area contributed by atoms with E-state index in [2.05, 4.69) is 18.8 Å². The first-order chi connectivity index (χ1) is 15.3. The minimum absolute atomic E-state index is 0.163. The summed E-state index contributed by atoms with van der Waals surface area (Å²) < 4.78 is 7.22. The summed E-state index contributed by atoms with van der Waals surface area (Å²) in [6, 6.07) is 0. The highest BCUT2D eigenvalue weighted by Crippen LogP contribution is 2.68. The first kappa shape index (κ1) is 22.6. The summed E-state index contributed by atoms with van der Waals surface area (Å²) in [4.78, 5) is 17.4. The third kappa shape index (κ3) is 3.58. The Morgan fingerprint density at radius 3 is 2.66 bits per heavy atom. The summed E-state index contributed by atoms with van der Waals surface area (Å²) in [5.41, 5.74) is -0.0211. The van der Waals surface area contributed by atoms with Crippen molar-refractivity contribution in [1.29, 1.82) is 0 Å². The van der Waals surface area contributed by atoms with Crippen molar-refractivity contribution in [2.45, 2.75) is 90.2 Å². The number of nitrogens with zero attached hydrogens (tertiary/aromatic N) is 2. The summed E-state index contributed by atoms with van der Waals surface area (Å²) in [6.45, 7) is 6.11. The monoisotopic (exact) mass is 442 g/mol. The first-order valence-corrected chi connectivity index (χ1v) is 13.0. The zero-order chi connectivity index (χ0) is 22.6. The number of carbonyl (C=O) groups excluding carboxylic acids is 1. The molecule has 0 bridgehead atoms. The van der Waals surface area contributed by atoms with E-state index in [0.717, 1.165) is 43.9 Å². The average Bonchev–Trinajstić information content (AvgIpc) is 3.40. The molecule has 1 heterocycles. The second-order valence-electron chi connectivity index (χ2n) is 12.2. The minimum Gasteiger partial charge on any atom is -0.390 e. The molecule has 0 aliphatic heterocycles. The highest BCUT2D eigenvalue weighted by atomic mass is 16.5. The fourth-order valence-electron chi connectivity index (χ4n) is 9.04. The summed E-state index contributed by atoms with van der Waals surface area (Å²) in [5, 5.41) is 11.2. The van der Waals surface area contributed by atoms with Crippen molar-refractivity contribution in [3.63, 3.8) is 0 Å². The lowest BCUT2D eigenvalue weighted by molar-refractivity contribution is -0.157. The number of fused-ring (bicyclic) bond motifs is 5. The molecule has 5 rings (SSSR count). The van der Waals surface area contributed by atoms with Gasteiger partial charge in [0.05, 0.1) is 18.5 Å². The predicted molar refractivity (Wildman–Crippen MR) is 124 cm³/mol. The van der Waals surface area contributed by atoms with E-state index in [9.17, 15) is 9.90 Å². The van der Waals surface area contributed by atoms with Crippen molar-refractivity contribution in [2.24, 2.45) is 40.4 Å². The zero-order valence-electron chi connectivity index (χ0n) is 20.3. The average molecular weight is 443 g/mol. The molecule has 5 heteroatoms. The summed E-state index contributed by atoms with van der Waals surface area (Å²) in [5.74, 6) is 3.44. The lowest BCUT2D eigenvalue weighted by Crippen LogP contribution is -2.56. The number of hydrogen-bond acceptors (Lipinski definition) is 4. The largest absolute Gasteiger partial charge is 0.390 e. The molecule has 0 unspecified atom stereocenters. The number of aromatic nitrogens is 2. The van der Waals surface area contributed by atoms with Crippen LogP contribution in [0.15, 0.2) is 18.7 Å². The summed E-state index contributed by atoms with van der Waals surface area (Å²) in [7, 11) is 1.73. The molecule has 0 aromatic carbocycles. The molecule has 0 radical (unpaired) electrons. The van der Waals surface area contributed by atoms with Gasteiger partial charge in [-0.25, -0.2) is 4.98 Å². The normalized spacial score (nSPS) is 45.7. The van der Waals surface area contributed by atoms with Gasteiger partial charge in [-0.3, -0.25) is 4.79 Å². The Morgan fingerprint density at radius 2 is 1.91 bits per heavy atom. The van der Waals surface area contributed by atoms with Crippen LogP contribution >= 0.6 is 0 Å². The zero-order valence-corrected chi connectivity index (χ0v) is 20.3. The number of Topliss-reactive ketones (excluding diaryl/α,β-unsaturated/α-hetero) is 1. The van der Waals surface area contributed by atoms with E-state index in [1.807, 2.05) is 10.8 Å². The molecule has 4 fully saturated rings. The van der Waals surface area contributed by atoms with Crippen LogP contribution in [0.1, 0.15) is 78.1 Å². The lowest BCUT2D eigenvalue weighted by atomic mass is 9.43. The van der Waals surface area contributed by atoms with E-state index in [0.29, 0.717) is 36.2 Å². The van der Waals surface area contributed by atoms with Gasteiger partial charge in [-0.1, -0.05) is 13.8 Å². The van der Waals surface area contributed by atoms with E-state index < -0.39 is 5.60 Å². The van der Waals surface area contributed by atoms with Crippen LogP contribution in [0.25, 0.3) is 0 Å². The van der Waals surface area contributed by atoms with Crippen molar-refractivity contribution < 1.29 is 14.6 Å². The van der Waals surface area contributed by atoms with Crippen molar-refractivity contribution >= 4 is 5.78 Å². The van der Waals surface area contributed by atoms with Crippen LogP contribution in [0.4, 0.5) is 0 Å². The molecule has 1 aromatic rings. The number of methoxy groups -OCH3 is 1. The van der Waals surface area contributed by atoms with Gasteiger partial charge >= 0.3 is 0 Å². The van der Waals surface area contributed by atoms with Crippen molar-refractivity contribution in [3.05, 3.63) is 18.7 Å². The van der Waals surface area contributed by atoms with Gasteiger partial charge in [0.15, 0.2) is 5.78 Å². The SMILES string of the molecule is COCC[C@@]1(O)CC[C@@]2(C)[C@@H](CC[C@@H]3[C@@H]2CC[C@]2(C)[C@@H](C(=O)Cn4ccnc4)CC[C@@H]32)C1. The third-order valence-corrected chi connectivity index (χ3v) is 10.9. The van der Waals surface area contributed by atoms with Gasteiger partial charge in [0.25, 0.3) is 0 Å². The van der Waals surface area contributed by atoms with Crippen LogP contribution in [-0.4, -0.2) is 39.8 Å². The molecule has 0 amide bonds. The third-order valence-electron chi connectivity index (χ3n) is 10.9. The highest BCUT2D eigenvalue weighted by molar-refractivity contribution is 5.82. The molecular weight excluding hydrogens is 400 g/mol.